The summed E-state index contributed by atoms with van der Waals surface area (Å²) in [5, 5.41) is 9.00. The van der Waals surface area contributed by atoms with E-state index in [-0.39, 0.29) is 5.92 Å². The molecule has 3 nitrogen and oxygen atoms in total. The number of aliphatic hydroxyl groups excluding tert-OH is 1. The van der Waals surface area contributed by atoms with Crippen molar-refractivity contribution in [3.8, 4) is 0 Å². The van der Waals surface area contributed by atoms with Gasteiger partial charge in [-0.25, -0.2) is 0 Å². The van der Waals surface area contributed by atoms with Crippen molar-refractivity contribution in [2.24, 2.45) is 5.92 Å². The van der Waals surface area contributed by atoms with E-state index < -0.39 is 12.3 Å². The first-order valence-electron chi connectivity index (χ1n) is 3.49. The van der Waals surface area contributed by atoms with Crippen LogP contribution < -0.4 is 0 Å². The van der Waals surface area contributed by atoms with Crippen LogP contribution in [-0.4, -0.2) is 17.4 Å². The third-order valence-electron chi connectivity index (χ3n) is 1.12. The fraction of sp³-hybridized carbons (Fsp3) is 0.625. The van der Waals surface area contributed by atoms with E-state index in [0.29, 0.717) is 5.57 Å². The van der Waals surface area contributed by atoms with Crippen molar-refractivity contribution < 1.29 is 14.6 Å². The first-order chi connectivity index (χ1) is 4.95. The van der Waals surface area contributed by atoms with Gasteiger partial charge < -0.3 is 9.84 Å². The molecule has 0 saturated heterocycles. The molecule has 0 bridgehead atoms. The maximum atomic E-state index is 10.8. The number of carbonyl (C=O) groups is 1. The lowest BCUT2D eigenvalue weighted by Crippen LogP contribution is -2.21. The van der Waals surface area contributed by atoms with E-state index in [1.54, 1.807) is 20.8 Å². The lowest BCUT2D eigenvalue weighted by atomic mass is 10.2. The predicted molar refractivity (Wildman–Crippen MR) is 41.8 cm³/mol. The maximum Gasteiger partial charge on any atom is 0.310 e. The van der Waals surface area contributed by atoms with E-state index in [2.05, 4.69) is 11.3 Å². The first kappa shape index (κ1) is 10.2. The molecule has 0 amide bonds. The highest BCUT2D eigenvalue weighted by molar-refractivity contribution is 5.71. The molecule has 0 heterocycles. The van der Waals surface area contributed by atoms with E-state index >= 15 is 0 Å². The molecule has 0 aliphatic rings. The zero-order valence-corrected chi connectivity index (χ0v) is 7.13. The van der Waals surface area contributed by atoms with Crippen LogP contribution in [0.25, 0.3) is 0 Å². The molecule has 64 valence electrons. The van der Waals surface area contributed by atoms with Gasteiger partial charge in [-0.3, -0.25) is 4.79 Å². The fourth-order valence-electron chi connectivity index (χ4n) is 0.347. The van der Waals surface area contributed by atoms with Gasteiger partial charge >= 0.3 is 5.97 Å². The minimum atomic E-state index is -1.16. The number of aliphatic hydroxyl groups is 1. The summed E-state index contributed by atoms with van der Waals surface area (Å²) in [5.74, 6) is -0.635. The zero-order valence-electron chi connectivity index (χ0n) is 7.13. The van der Waals surface area contributed by atoms with E-state index in [0.717, 1.165) is 0 Å². The van der Waals surface area contributed by atoms with Crippen LogP contribution in [0.5, 0.6) is 0 Å². The lowest BCUT2D eigenvalue weighted by Gasteiger charge is -2.12. The summed E-state index contributed by atoms with van der Waals surface area (Å²) < 4.78 is 4.59. The molecule has 0 aromatic heterocycles. The summed E-state index contributed by atoms with van der Waals surface area (Å²) in [6.07, 6.45) is -1.16. The summed E-state index contributed by atoms with van der Waals surface area (Å²) in [4.78, 5) is 10.8. The highest BCUT2D eigenvalue weighted by Crippen LogP contribution is 2.04. The Kier molecular flexibility index (Phi) is 3.82. The number of ether oxygens (including phenoxy) is 1. The van der Waals surface area contributed by atoms with E-state index in [1.807, 2.05) is 0 Å². The average molecular weight is 158 g/mol. The molecule has 0 rings (SSSR count). The second-order valence-electron chi connectivity index (χ2n) is 2.79. The maximum absolute atomic E-state index is 10.8. The Morgan fingerprint density at radius 1 is 1.55 bits per heavy atom. The summed E-state index contributed by atoms with van der Waals surface area (Å²) in [5.41, 5.74) is 0.430. The van der Waals surface area contributed by atoms with Crippen molar-refractivity contribution in [2.75, 3.05) is 0 Å². The molecular formula is C8H14O3. The molecule has 3 heteroatoms. The van der Waals surface area contributed by atoms with Gasteiger partial charge in [-0.1, -0.05) is 20.4 Å². The Hall–Kier alpha value is -0.830. The Morgan fingerprint density at radius 3 is 2.27 bits per heavy atom. The largest absolute Gasteiger partial charge is 0.432 e. The number of carbonyl (C=O) groups excluding carboxylic acids is 1. The van der Waals surface area contributed by atoms with Gasteiger partial charge in [0.2, 0.25) is 6.29 Å². The van der Waals surface area contributed by atoms with Crippen molar-refractivity contribution in [2.45, 2.75) is 27.1 Å². The molecule has 0 aliphatic heterocycles. The third kappa shape index (κ3) is 3.78. The molecule has 1 atom stereocenters. The van der Waals surface area contributed by atoms with Gasteiger partial charge in [0.1, 0.15) is 0 Å². The fourth-order valence-corrected chi connectivity index (χ4v) is 0.347. The van der Waals surface area contributed by atoms with Crippen LogP contribution in [0.4, 0.5) is 0 Å². The smallest absolute Gasteiger partial charge is 0.310 e. The molecule has 0 fully saturated rings. The Morgan fingerprint density at radius 2 is 2.00 bits per heavy atom. The summed E-state index contributed by atoms with van der Waals surface area (Å²) in [6.45, 7) is 8.44. The normalized spacial score (nSPS) is 12.8. The second-order valence-corrected chi connectivity index (χ2v) is 2.79. The minimum Gasteiger partial charge on any atom is -0.432 e. The molecule has 11 heavy (non-hydrogen) atoms. The molecule has 0 aromatic carbocycles. The van der Waals surface area contributed by atoms with Crippen LogP contribution >= 0.6 is 0 Å². The lowest BCUT2D eigenvalue weighted by molar-refractivity contribution is -0.165. The monoisotopic (exact) mass is 158 g/mol. The SMILES string of the molecule is C=C(C)[C@H](O)OC(=O)C(C)C. The average Bonchev–Trinajstić information content (AvgIpc) is 1.87. The van der Waals surface area contributed by atoms with Crippen molar-refractivity contribution in [1.82, 2.24) is 0 Å². The minimum absolute atomic E-state index is 0.219. The molecule has 0 aromatic rings. The third-order valence-corrected chi connectivity index (χ3v) is 1.12. The number of esters is 1. The Bertz CT molecular complexity index is 161. The second kappa shape index (κ2) is 4.13. The van der Waals surface area contributed by atoms with Crippen LogP contribution in [0, 0.1) is 5.92 Å². The van der Waals surface area contributed by atoms with Gasteiger partial charge in [-0.2, -0.15) is 0 Å². The van der Waals surface area contributed by atoms with Crippen LogP contribution in [0.15, 0.2) is 12.2 Å². The number of hydrogen-bond donors (Lipinski definition) is 1. The predicted octanol–water partition coefficient (Wildman–Crippen LogP) is 1.08. The zero-order chi connectivity index (χ0) is 9.02. The highest BCUT2D eigenvalue weighted by atomic mass is 16.6. The van der Waals surface area contributed by atoms with Crippen molar-refractivity contribution in [3.63, 3.8) is 0 Å². The number of rotatable bonds is 3. The molecule has 0 saturated carbocycles. The van der Waals surface area contributed by atoms with E-state index in [1.165, 1.54) is 0 Å². The first-order valence-corrected chi connectivity index (χ1v) is 3.49. The molecule has 1 N–H and O–H groups in total. The standard InChI is InChI=1S/C8H14O3/c1-5(2)7(9)11-8(10)6(3)4/h6-7,9H,1H2,2-4H3/t7-/m1/s1. The van der Waals surface area contributed by atoms with Crippen LogP contribution in [0.3, 0.4) is 0 Å². The van der Waals surface area contributed by atoms with Gasteiger partial charge in [-0.15, -0.1) is 0 Å². The van der Waals surface area contributed by atoms with Crippen LogP contribution in [-0.2, 0) is 9.53 Å². The molecular weight excluding hydrogens is 144 g/mol. The Labute approximate surface area is 66.7 Å². The van der Waals surface area contributed by atoms with Gasteiger partial charge in [0.05, 0.1) is 5.92 Å². The summed E-state index contributed by atoms with van der Waals surface area (Å²) in [6, 6.07) is 0. The van der Waals surface area contributed by atoms with Crippen LogP contribution in [0.1, 0.15) is 20.8 Å². The van der Waals surface area contributed by atoms with E-state index in [4.69, 9.17) is 5.11 Å². The van der Waals surface area contributed by atoms with Gasteiger partial charge in [0.25, 0.3) is 0 Å². The van der Waals surface area contributed by atoms with Gasteiger partial charge in [-0.05, 0) is 12.5 Å². The summed E-state index contributed by atoms with van der Waals surface area (Å²) >= 11 is 0. The molecule has 0 spiro atoms. The molecule has 0 radical (unpaired) electrons. The van der Waals surface area contributed by atoms with Gasteiger partial charge in [0, 0.05) is 0 Å². The Balaban J connectivity index is 3.85. The molecule has 0 aliphatic carbocycles. The summed E-state index contributed by atoms with van der Waals surface area (Å²) in [7, 11) is 0. The van der Waals surface area contributed by atoms with Crippen molar-refractivity contribution in [1.29, 1.82) is 0 Å². The van der Waals surface area contributed by atoms with E-state index in [9.17, 15) is 4.79 Å². The topological polar surface area (TPSA) is 46.5 Å². The quantitative estimate of drug-likeness (QED) is 0.380. The van der Waals surface area contributed by atoms with Crippen molar-refractivity contribution in [3.05, 3.63) is 12.2 Å². The number of hydrogen-bond acceptors (Lipinski definition) is 3. The van der Waals surface area contributed by atoms with Crippen molar-refractivity contribution >= 4 is 5.97 Å². The molecule has 0 unspecified atom stereocenters. The van der Waals surface area contributed by atoms with Crippen LogP contribution in [0.2, 0.25) is 0 Å². The van der Waals surface area contributed by atoms with Gasteiger partial charge in [0.15, 0.2) is 0 Å². The highest BCUT2D eigenvalue weighted by Gasteiger charge is 2.14.